The quantitative estimate of drug-likeness (QED) is 0.296. The summed E-state index contributed by atoms with van der Waals surface area (Å²) in [5.74, 6) is 0. The predicted octanol–water partition coefficient (Wildman–Crippen LogP) is 4.95. The third-order valence-corrected chi connectivity index (χ3v) is 6.46. The molecule has 28 heavy (non-hydrogen) atoms. The SMILES string of the molecule is C=[n+]1[c+]2[n-][c-]3ccs[n+]3c2cc[c-]1-c1cc(C(C)(C)C)c2ccccc2c1C. The van der Waals surface area contributed by atoms with Crippen LogP contribution < -0.4 is 13.0 Å². The van der Waals surface area contributed by atoms with Gasteiger partial charge in [0.2, 0.25) is 11.3 Å². The van der Waals surface area contributed by atoms with Gasteiger partial charge in [-0.05, 0) is 64.1 Å². The first-order chi connectivity index (χ1) is 13.4. The average molecular weight is 386 g/mol. The number of hydrogen-bond donors (Lipinski definition) is 0. The van der Waals surface area contributed by atoms with Crippen LogP contribution in [0.25, 0.3) is 38.8 Å². The first kappa shape index (κ1) is 17.3. The van der Waals surface area contributed by atoms with Crippen LogP contribution in [0.1, 0.15) is 31.9 Å². The zero-order valence-corrected chi connectivity index (χ0v) is 17.5. The molecule has 0 bridgehead atoms. The molecule has 0 unspecified atom stereocenters. The third kappa shape index (κ3) is 2.38. The van der Waals surface area contributed by atoms with Gasteiger partial charge in [-0.3, -0.25) is 0 Å². The topological polar surface area (TPSA) is 24.1 Å². The normalized spacial score (nSPS) is 12.4. The van der Waals surface area contributed by atoms with Gasteiger partial charge in [-0.2, -0.15) is 0 Å². The summed E-state index contributed by atoms with van der Waals surface area (Å²) in [6.45, 7) is 13.4. The zero-order chi connectivity index (χ0) is 19.6. The van der Waals surface area contributed by atoms with E-state index in [9.17, 15) is 0 Å². The summed E-state index contributed by atoms with van der Waals surface area (Å²) >= 11 is 1.66. The molecule has 2 aromatic carbocycles. The number of hydrogen-bond acceptors (Lipinski definition) is 1. The van der Waals surface area contributed by atoms with E-state index in [0.717, 1.165) is 22.5 Å². The third-order valence-electron chi connectivity index (χ3n) is 5.60. The summed E-state index contributed by atoms with van der Waals surface area (Å²) in [6, 6.07) is 17.4. The van der Waals surface area contributed by atoms with Crippen LogP contribution in [0.3, 0.4) is 0 Å². The van der Waals surface area contributed by atoms with Crippen LogP contribution in [0.4, 0.5) is 0 Å². The molecule has 0 fully saturated rings. The molecule has 5 rings (SSSR count). The average Bonchev–Trinajstić information content (AvgIpc) is 3.24. The van der Waals surface area contributed by atoms with Gasteiger partial charge >= 0.3 is 0 Å². The van der Waals surface area contributed by atoms with Crippen molar-refractivity contribution in [1.29, 1.82) is 0 Å². The van der Waals surface area contributed by atoms with Crippen LogP contribution in [0, 0.1) is 13.6 Å². The van der Waals surface area contributed by atoms with Gasteiger partial charge in [0.25, 0.3) is 0 Å². The molecule has 0 saturated heterocycles. The Labute approximate surface area is 168 Å². The van der Waals surface area contributed by atoms with Gasteiger partial charge < -0.3 is 4.24 Å². The molecule has 0 radical (unpaired) electrons. The van der Waals surface area contributed by atoms with Crippen molar-refractivity contribution in [3.05, 3.63) is 71.8 Å². The molecule has 4 heteroatoms. The minimum absolute atomic E-state index is 0.0508. The second-order valence-corrected chi connectivity index (χ2v) is 9.27. The molecule has 0 aliphatic heterocycles. The number of rotatable bonds is 1. The maximum absolute atomic E-state index is 4.80. The molecule has 0 aliphatic carbocycles. The Balaban J connectivity index is 1.88. The van der Waals surface area contributed by atoms with E-state index in [-0.39, 0.29) is 5.41 Å². The number of nitrogens with zero attached hydrogens (tertiary/aromatic N) is 3. The highest BCUT2D eigenvalue weighted by Crippen LogP contribution is 2.37. The van der Waals surface area contributed by atoms with E-state index in [2.05, 4.69) is 86.0 Å². The van der Waals surface area contributed by atoms with Crippen LogP contribution in [0.15, 0.2) is 53.9 Å². The minimum atomic E-state index is 0.0508. The lowest BCUT2D eigenvalue weighted by atomic mass is 9.80. The number of aryl methyl sites for hydroxylation is 1. The van der Waals surface area contributed by atoms with E-state index >= 15 is 0 Å². The van der Waals surface area contributed by atoms with Crippen LogP contribution in [-0.4, -0.2) is 0 Å². The fourth-order valence-corrected chi connectivity index (χ4v) is 4.91. The number of fused-ring (bicyclic) bond motifs is 4. The second kappa shape index (κ2) is 5.82. The number of pyridine rings is 1. The summed E-state index contributed by atoms with van der Waals surface area (Å²) in [4.78, 5) is 4.80. The molecular formula is C24H23N3S. The number of aromatic nitrogens is 3. The Morgan fingerprint density at radius 2 is 1.86 bits per heavy atom. The highest BCUT2D eigenvalue weighted by Gasteiger charge is 2.21. The van der Waals surface area contributed by atoms with Crippen molar-refractivity contribution in [2.45, 2.75) is 33.1 Å². The van der Waals surface area contributed by atoms with Gasteiger partial charge in [-0.15, -0.1) is 4.98 Å². The molecule has 140 valence electrons. The Kier molecular flexibility index (Phi) is 3.59. The van der Waals surface area contributed by atoms with E-state index < -0.39 is 0 Å². The molecule has 0 amide bonds. The summed E-state index contributed by atoms with van der Waals surface area (Å²) < 4.78 is 4.13. The molecule has 0 spiro atoms. The first-order valence-electron chi connectivity index (χ1n) is 9.51. The van der Waals surface area contributed by atoms with Gasteiger partial charge in [-0.1, -0.05) is 63.2 Å². The molecule has 3 heterocycles. The van der Waals surface area contributed by atoms with Crippen molar-refractivity contribution in [2.75, 3.05) is 0 Å². The highest BCUT2D eigenvalue weighted by molar-refractivity contribution is 6.99. The monoisotopic (exact) mass is 385 g/mol. The van der Waals surface area contributed by atoms with Crippen molar-refractivity contribution < 1.29 is 8.03 Å². The lowest BCUT2D eigenvalue weighted by Crippen LogP contribution is -2.22. The molecule has 0 saturated carbocycles. The Morgan fingerprint density at radius 3 is 2.61 bits per heavy atom. The van der Waals surface area contributed by atoms with E-state index in [1.165, 1.54) is 27.5 Å². The molecule has 3 aromatic heterocycles. The lowest BCUT2D eigenvalue weighted by Gasteiger charge is -2.25. The van der Waals surface area contributed by atoms with Crippen molar-refractivity contribution in [1.82, 2.24) is 4.98 Å². The second-order valence-electron chi connectivity index (χ2n) is 8.42. The van der Waals surface area contributed by atoms with Gasteiger partial charge in [0.1, 0.15) is 5.52 Å². The predicted molar refractivity (Wildman–Crippen MR) is 116 cm³/mol. The smallest absolute Gasteiger partial charge is 0.227 e. The van der Waals surface area contributed by atoms with Crippen LogP contribution >= 0.6 is 11.5 Å². The van der Waals surface area contributed by atoms with E-state index in [4.69, 9.17) is 4.98 Å². The molecule has 0 N–H and O–H groups in total. The maximum atomic E-state index is 4.80. The van der Waals surface area contributed by atoms with Crippen LogP contribution in [0.2, 0.25) is 0 Å². The van der Waals surface area contributed by atoms with Crippen molar-refractivity contribution in [2.24, 2.45) is 0 Å². The molecule has 0 atom stereocenters. The lowest BCUT2D eigenvalue weighted by molar-refractivity contribution is -0.462. The molecular weight excluding hydrogens is 362 g/mol. The largest absolute Gasteiger partial charge is 0.331 e. The van der Waals surface area contributed by atoms with E-state index in [0.29, 0.717) is 0 Å². The number of benzene rings is 2. The highest BCUT2D eigenvalue weighted by atomic mass is 32.1. The Morgan fingerprint density at radius 1 is 1.11 bits per heavy atom. The Bertz CT molecular complexity index is 1420. The zero-order valence-electron chi connectivity index (χ0n) is 16.7. The summed E-state index contributed by atoms with van der Waals surface area (Å²) in [7, 11) is 0. The van der Waals surface area contributed by atoms with Crippen LogP contribution in [0.5, 0.6) is 0 Å². The first-order valence-corrected chi connectivity index (χ1v) is 10.4. The molecule has 5 aromatic rings. The van der Waals surface area contributed by atoms with Gasteiger partial charge in [0.15, 0.2) is 0 Å². The summed E-state index contributed by atoms with van der Waals surface area (Å²) in [5.41, 5.74) is 7.97. The van der Waals surface area contributed by atoms with E-state index in [1.807, 2.05) is 10.3 Å². The van der Waals surface area contributed by atoms with Gasteiger partial charge in [0.05, 0.1) is 0 Å². The van der Waals surface area contributed by atoms with Crippen molar-refractivity contribution >= 4 is 39.1 Å². The fourth-order valence-electron chi connectivity index (χ4n) is 4.14. The molecule has 3 nitrogen and oxygen atoms in total. The Hall–Kier alpha value is -2.85. The van der Waals surface area contributed by atoms with Gasteiger partial charge in [-0.25, -0.2) is 3.79 Å². The number of imidazole rings is 1. The molecule has 0 aliphatic rings. The minimum Gasteiger partial charge on any atom is -0.331 e. The summed E-state index contributed by atoms with van der Waals surface area (Å²) in [6.07, 6.45) is 0. The van der Waals surface area contributed by atoms with E-state index in [1.54, 1.807) is 11.5 Å². The fraction of sp³-hybridized carbons (Fsp3) is 0.208. The summed E-state index contributed by atoms with van der Waals surface area (Å²) in [5, 5.41) is 4.69. The maximum Gasteiger partial charge on any atom is 0.227 e. The van der Waals surface area contributed by atoms with Crippen molar-refractivity contribution in [3.63, 3.8) is 0 Å². The van der Waals surface area contributed by atoms with Gasteiger partial charge in [0, 0.05) is 11.1 Å². The van der Waals surface area contributed by atoms with Crippen molar-refractivity contribution in [3.8, 4) is 11.3 Å². The van der Waals surface area contributed by atoms with Crippen LogP contribution in [-0.2, 0) is 5.41 Å². The standard InChI is InChI=1S/C24H23N3S/c1-15-16-8-6-7-9-17(16)19(24(2,3)4)14-18(15)20-10-11-21-23(26(20)5)25-22-12-13-28-27(21)22/h6-14H,5H2,1-4H3.